The van der Waals surface area contributed by atoms with Crippen LogP contribution < -0.4 is 9.64 Å². The molecule has 0 spiro atoms. The Labute approximate surface area is 193 Å². The zero-order valence-electron chi connectivity index (χ0n) is 19.1. The van der Waals surface area contributed by atoms with Gasteiger partial charge in [0.15, 0.2) is 5.75 Å². The van der Waals surface area contributed by atoms with Crippen LogP contribution in [0, 0.1) is 27.7 Å². The molecule has 5 heteroatoms. The third-order valence-corrected chi connectivity index (χ3v) is 5.88. The average Bonchev–Trinajstić information content (AvgIpc) is 2.78. The fourth-order valence-corrected chi connectivity index (χ4v) is 3.91. The molecule has 0 atom stereocenters. The van der Waals surface area contributed by atoms with E-state index in [-0.39, 0.29) is 17.2 Å². The molecule has 0 unspecified atom stereocenters. The van der Waals surface area contributed by atoms with Crippen LogP contribution in [0.3, 0.4) is 0 Å². The molecule has 0 amide bonds. The molecule has 0 aliphatic rings. The van der Waals surface area contributed by atoms with Crippen molar-refractivity contribution in [2.24, 2.45) is 0 Å². The highest BCUT2D eigenvalue weighted by molar-refractivity contribution is 5.83. The number of hydrogen-bond donors (Lipinski definition) is 3. The molecule has 0 aliphatic carbocycles. The lowest BCUT2D eigenvalue weighted by atomic mass is 10.1. The maximum absolute atomic E-state index is 10.0. The van der Waals surface area contributed by atoms with E-state index in [0.717, 1.165) is 39.3 Å². The molecule has 0 aromatic heterocycles. The van der Waals surface area contributed by atoms with E-state index in [2.05, 4.69) is 4.90 Å². The van der Waals surface area contributed by atoms with E-state index in [0.29, 0.717) is 11.5 Å². The van der Waals surface area contributed by atoms with Crippen molar-refractivity contribution in [3.05, 3.63) is 95.1 Å². The van der Waals surface area contributed by atoms with Crippen molar-refractivity contribution in [3.8, 4) is 28.7 Å². The first-order chi connectivity index (χ1) is 15.8. The summed E-state index contributed by atoms with van der Waals surface area (Å²) in [5, 5.41) is 30.0. The van der Waals surface area contributed by atoms with Gasteiger partial charge in [-0.05, 0) is 111 Å². The minimum absolute atomic E-state index is 0.193. The highest BCUT2D eigenvalue weighted by atomic mass is 16.5. The first kappa shape index (κ1) is 22.1. The van der Waals surface area contributed by atoms with Gasteiger partial charge in [0.2, 0.25) is 0 Å². The summed E-state index contributed by atoms with van der Waals surface area (Å²) in [6, 6.07) is 21.6. The van der Waals surface area contributed by atoms with E-state index < -0.39 is 0 Å². The zero-order valence-corrected chi connectivity index (χ0v) is 19.1. The number of ether oxygens (including phenoxy) is 1. The first-order valence-electron chi connectivity index (χ1n) is 10.7. The number of nitrogens with zero attached hydrogens (tertiary/aromatic N) is 1. The van der Waals surface area contributed by atoms with E-state index in [4.69, 9.17) is 4.74 Å². The summed E-state index contributed by atoms with van der Waals surface area (Å²) >= 11 is 0. The van der Waals surface area contributed by atoms with Gasteiger partial charge in [-0.25, -0.2) is 0 Å². The topological polar surface area (TPSA) is 73.2 Å². The zero-order chi connectivity index (χ0) is 23.7. The van der Waals surface area contributed by atoms with Crippen LogP contribution >= 0.6 is 0 Å². The van der Waals surface area contributed by atoms with Crippen molar-refractivity contribution >= 4 is 17.1 Å². The summed E-state index contributed by atoms with van der Waals surface area (Å²) in [7, 11) is 0. The number of aromatic hydroxyl groups is 3. The Kier molecular flexibility index (Phi) is 5.88. The number of aryl methyl sites for hydroxylation is 2. The minimum atomic E-state index is 0.193. The van der Waals surface area contributed by atoms with Gasteiger partial charge in [0.05, 0.1) is 5.69 Å². The van der Waals surface area contributed by atoms with Crippen molar-refractivity contribution in [1.29, 1.82) is 0 Å². The second-order valence-corrected chi connectivity index (χ2v) is 8.18. The van der Waals surface area contributed by atoms with Gasteiger partial charge in [-0.15, -0.1) is 0 Å². The molecule has 0 radical (unpaired) electrons. The molecule has 33 heavy (non-hydrogen) atoms. The number of rotatable bonds is 5. The van der Waals surface area contributed by atoms with Crippen LogP contribution in [0.1, 0.15) is 22.3 Å². The molecule has 4 aromatic carbocycles. The molecule has 168 valence electrons. The van der Waals surface area contributed by atoms with Crippen LogP contribution in [0.5, 0.6) is 28.7 Å². The summed E-state index contributed by atoms with van der Waals surface area (Å²) in [5.41, 5.74) is 5.93. The normalized spacial score (nSPS) is 10.8. The third-order valence-electron chi connectivity index (χ3n) is 5.88. The van der Waals surface area contributed by atoms with Crippen LogP contribution in [0.2, 0.25) is 0 Å². The summed E-state index contributed by atoms with van der Waals surface area (Å²) in [4.78, 5) is 2.06. The van der Waals surface area contributed by atoms with E-state index in [1.165, 1.54) is 0 Å². The van der Waals surface area contributed by atoms with E-state index in [1.807, 2.05) is 64.1 Å². The van der Waals surface area contributed by atoms with Gasteiger partial charge in [0.25, 0.3) is 0 Å². The Hall–Kier alpha value is -4.12. The second-order valence-electron chi connectivity index (χ2n) is 8.18. The maximum Gasteiger partial charge on any atom is 0.151 e. The minimum Gasteiger partial charge on any atom is -0.508 e. The van der Waals surface area contributed by atoms with Crippen LogP contribution in [0.25, 0.3) is 0 Å². The monoisotopic (exact) mass is 441 g/mol. The lowest BCUT2D eigenvalue weighted by Gasteiger charge is -2.30. The summed E-state index contributed by atoms with van der Waals surface area (Å²) in [5.74, 6) is 1.90. The van der Waals surface area contributed by atoms with Gasteiger partial charge >= 0.3 is 0 Å². The van der Waals surface area contributed by atoms with Crippen molar-refractivity contribution in [1.82, 2.24) is 0 Å². The van der Waals surface area contributed by atoms with Crippen LogP contribution in [-0.2, 0) is 0 Å². The van der Waals surface area contributed by atoms with Crippen molar-refractivity contribution in [2.45, 2.75) is 27.7 Å². The number of phenols is 3. The number of phenolic OH excluding ortho intramolecular Hbond substituents is 3. The predicted octanol–water partition coefficient (Wildman–Crippen LogP) is 7.30. The molecule has 5 nitrogen and oxygen atoms in total. The number of benzene rings is 4. The Balaban J connectivity index is 1.91. The fraction of sp³-hybridized carbons (Fsp3) is 0.143. The lowest BCUT2D eigenvalue weighted by Crippen LogP contribution is -2.13. The maximum atomic E-state index is 10.0. The molecule has 0 aliphatic heterocycles. The van der Waals surface area contributed by atoms with Crippen molar-refractivity contribution in [3.63, 3.8) is 0 Å². The van der Waals surface area contributed by atoms with E-state index >= 15 is 0 Å². The predicted molar refractivity (Wildman–Crippen MR) is 132 cm³/mol. The Bertz CT molecular complexity index is 1280. The van der Waals surface area contributed by atoms with Crippen LogP contribution in [0.15, 0.2) is 72.8 Å². The van der Waals surface area contributed by atoms with E-state index in [1.54, 1.807) is 36.4 Å². The lowest BCUT2D eigenvalue weighted by molar-refractivity contribution is 0.458. The van der Waals surface area contributed by atoms with Gasteiger partial charge in [-0.2, -0.15) is 0 Å². The molecule has 0 saturated heterocycles. The summed E-state index contributed by atoms with van der Waals surface area (Å²) in [6.07, 6.45) is 0. The van der Waals surface area contributed by atoms with Crippen LogP contribution in [-0.4, -0.2) is 15.3 Å². The Morgan fingerprint density at radius 1 is 0.576 bits per heavy atom. The molecule has 3 N–H and O–H groups in total. The quantitative estimate of drug-likeness (QED) is 0.303. The van der Waals surface area contributed by atoms with Gasteiger partial charge < -0.3 is 25.0 Å². The Morgan fingerprint density at radius 2 is 1.15 bits per heavy atom. The standard InChI is InChI=1S/C28H27NO4/c1-17-15-21(30)9-11-23(17)29(24-12-10-22(31)16-18(24)2)25-7-5-6-8-28(25)33-27-14-13-26(32)19(3)20(27)4/h5-16,30-32H,1-4H3. The first-order valence-corrected chi connectivity index (χ1v) is 10.7. The summed E-state index contributed by atoms with van der Waals surface area (Å²) < 4.78 is 6.38. The van der Waals surface area contributed by atoms with Crippen LogP contribution in [0.4, 0.5) is 17.1 Å². The molecule has 0 saturated carbocycles. The Morgan fingerprint density at radius 3 is 1.73 bits per heavy atom. The second kappa shape index (κ2) is 8.79. The van der Waals surface area contributed by atoms with Gasteiger partial charge in [0.1, 0.15) is 23.0 Å². The molecular weight excluding hydrogens is 414 g/mol. The molecule has 0 heterocycles. The number of hydrogen-bond acceptors (Lipinski definition) is 5. The molecule has 0 fully saturated rings. The third kappa shape index (κ3) is 4.30. The number of para-hydroxylation sites is 2. The van der Waals surface area contributed by atoms with E-state index in [9.17, 15) is 15.3 Å². The molecule has 0 bridgehead atoms. The van der Waals surface area contributed by atoms with Crippen molar-refractivity contribution < 1.29 is 20.1 Å². The summed E-state index contributed by atoms with van der Waals surface area (Å²) in [6.45, 7) is 7.65. The smallest absolute Gasteiger partial charge is 0.151 e. The number of anilines is 3. The SMILES string of the molecule is Cc1cc(O)ccc1N(c1ccc(O)cc1C)c1ccccc1Oc1ccc(O)c(C)c1C. The highest BCUT2D eigenvalue weighted by Gasteiger charge is 2.21. The van der Waals surface area contributed by atoms with Gasteiger partial charge in [0, 0.05) is 11.4 Å². The van der Waals surface area contributed by atoms with Crippen molar-refractivity contribution in [2.75, 3.05) is 4.90 Å². The average molecular weight is 442 g/mol. The largest absolute Gasteiger partial charge is 0.508 e. The van der Waals surface area contributed by atoms with Gasteiger partial charge in [-0.3, -0.25) is 0 Å². The highest BCUT2D eigenvalue weighted by Crippen LogP contribution is 2.45. The van der Waals surface area contributed by atoms with Gasteiger partial charge in [-0.1, -0.05) is 12.1 Å². The molecule has 4 aromatic rings. The molecule has 4 rings (SSSR count). The molecular formula is C28H27NO4. The fourth-order valence-electron chi connectivity index (χ4n) is 3.91.